The van der Waals surface area contributed by atoms with Crippen molar-refractivity contribution >= 4 is 33.0 Å². The highest BCUT2D eigenvalue weighted by Gasteiger charge is 2.24. The molecule has 0 fully saturated rings. The number of benzene rings is 4. The second kappa shape index (κ2) is 8.13. The van der Waals surface area contributed by atoms with Gasteiger partial charge in [0.1, 0.15) is 17.0 Å². The van der Waals surface area contributed by atoms with E-state index in [1.165, 1.54) is 16.8 Å². The van der Waals surface area contributed by atoms with Crippen LogP contribution in [0.3, 0.4) is 0 Å². The van der Waals surface area contributed by atoms with Gasteiger partial charge in [0.15, 0.2) is 0 Å². The fraction of sp³-hybridized carbons (Fsp3) is 0.219. The van der Waals surface area contributed by atoms with E-state index in [1.807, 2.05) is 36.4 Å². The summed E-state index contributed by atoms with van der Waals surface area (Å²) in [7, 11) is 0. The summed E-state index contributed by atoms with van der Waals surface area (Å²) < 4.78 is 32.2. The molecule has 0 aliphatic heterocycles. The molecular weight excluding hydrogens is 428 g/mol. The molecule has 0 unspecified atom stereocenters. The van der Waals surface area contributed by atoms with Gasteiger partial charge in [-0.3, -0.25) is 4.57 Å². The van der Waals surface area contributed by atoms with Crippen LogP contribution >= 0.6 is 0 Å². The summed E-state index contributed by atoms with van der Waals surface area (Å²) in [4.78, 5) is 5.15. The van der Waals surface area contributed by atoms with Crippen LogP contribution in [0.4, 0.5) is 0 Å². The molecule has 35 heavy (non-hydrogen) atoms. The topological polar surface area (TPSA) is 31.0 Å². The quantitative estimate of drug-likeness (QED) is 0.262. The molecule has 174 valence electrons. The van der Waals surface area contributed by atoms with Crippen LogP contribution in [0.5, 0.6) is 0 Å². The second-order valence-electron chi connectivity index (χ2n) is 9.85. The monoisotopic (exact) mass is 461 g/mol. The van der Waals surface area contributed by atoms with Crippen LogP contribution in [0.25, 0.3) is 50.0 Å². The molecule has 2 aromatic heterocycles. The lowest BCUT2D eigenvalue weighted by Gasteiger charge is -2.22. The van der Waals surface area contributed by atoms with Gasteiger partial charge in [0.2, 0.25) is 0 Å². The molecule has 2 heterocycles. The van der Waals surface area contributed by atoms with E-state index in [0.29, 0.717) is 23.0 Å². The molecule has 0 saturated heterocycles. The largest absolute Gasteiger partial charge is 0.455 e. The summed E-state index contributed by atoms with van der Waals surface area (Å²) in [6.45, 7) is 6.71. The molecule has 0 bridgehead atoms. The fourth-order valence-corrected chi connectivity index (χ4v) is 5.18. The maximum Gasteiger partial charge on any atom is 0.149 e. The standard InChI is InChI=1S/C32H30N2O/c1-19(2)22-10-8-11-23(20(3)4)30(22)34-28-15-7-6-14-27(28)33-32(34)26-13-9-12-25-24-17-16-21(5)18-29(24)35-31(25)26/h6-20H,1-5H3/i5D3. The maximum absolute atomic E-state index is 7.83. The van der Waals surface area contributed by atoms with Crippen molar-refractivity contribution in [1.82, 2.24) is 9.55 Å². The minimum absolute atomic E-state index is 0.269. The number of furan rings is 1. The van der Waals surface area contributed by atoms with Crippen molar-refractivity contribution in [3.05, 3.63) is 95.6 Å². The number of nitrogens with zero attached hydrogens (tertiary/aromatic N) is 2. The minimum atomic E-state index is -2.20. The summed E-state index contributed by atoms with van der Waals surface area (Å²) >= 11 is 0. The van der Waals surface area contributed by atoms with Crippen molar-refractivity contribution in [2.24, 2.45) is 0 Å². The van der Waals surface area contributed by atoms with E-state index in [4.69, 9.17) is 13.5 Å². The second-order valence-corrected chi connectivity index (χ2v) is 9.85. The number of aryl methyl sites for hydroxylation is 1. The highest BCUT2D eigenvalue weighted by atomic mass is 16.3. The molecule has 3 heteroatoms. The minimum Gasteiger partial charge on any atom is -0.455 e. The van der Waals surface area contributed by atoms with Crippen molar-refractivity contribution < 1.29 is 8.53 Å². The molecule has 0 amide bonds. The van der Waals surface area contributed by atoms with Crippen LogP contribution < -0.4 is 0 Å². The lowest BCUT2D eigenvalue weighted by atomic mass is 9.92. The Morgan fingerprint density at radius 1 is 0.800 bits per heavy atom. The molecule has 0 N–H and O–H groups in total. The number of imidazole rings is 1. The lowest BCUT2D eigenvalue weighted by Crippen LogP contribution is -2.08. The Hall–Kier alpha value is -3.85. The first-order chi connectivity index (χ1) is 18.1. The van der Waals surface area contributed by atoms with Crippen LogP contribution in [-0.2, 0) is 0 Å². The Bertz CT molecular complexity index is 1800. The molecule has 0 radical (unpaired) electrons. The molecule has 4 aromatic carbocycles. The van der Waals surface area contributed by atoms with Crippen molar-refractivity contribution in [1.29, 1.82) is 0 Å². The molecule has 0 aliphatic rings. The number of hydrogen-bond donors (Lipinski definition) is 0. The Labute approximate surface area is 210 Å². The van der Waals surface area contributed by atoms with Gasteiger partial charge in [-0.25, -0.2) is 4.98 Å². The fourth-order valence-electron chi connectivity index (χ4n) is 5.18. The predicted octanol–water partition coefficient (Wildman–Crippen LogP) is 9.15. The summed E-state index contributed by atoms with van der Waals surface area (Å²) in [5.74, 6) is 1.44. The molecular formula is C32H30N2O. The van der Waals surface area contributed by atoms with E-state index in [1.54, 1.807) is 12.1 Å². The third kappa shape index (κ3) is 3.37. The molecule has 6 rings (SSSR count). The molecule has 0 aliphatic carbocycles. The van der Waals surface area contributed by atoms with Gasteiger partial charge in [-0.05, 0) is 59.6 Å². The Balaban J connectivity index is 1.71. The first-order valence-corrected chi connectivity index (χ1v) is 12.2. The number of hydrogen-bond acceptors (Lipinski definition) is 2. The van der Waals surface area contributed by atoms with Gasteiger partial charge >= 0.3 is 0 Å². The Kier molecular flexibility index (Phi) is 4.29. The van der Waals surface area contributed by atoms with Gasteiger partial charge in [-0.2, -0.15) is 0 Å². The third-order valence-electron chi connectivity index (χ3n) is 6.87. The van der Waals surface area contributed by atoms with E-state index < -0.39 is 6.85 Å². The van der Waals surface area contributed by atoms with Gasteiger partial charge in [-0.15, -0.1) is 0 Å². The van der Waals surface area contributed by atoms with Gasteiger partial charge in [-0.1, -0.05) is 82.3 Å². The third-order valence-corrected chi connectivity index (χ3v) is 6.87. The van der Waals surface area contributed by atoms with Gasteiger partial charge < -0.3 is 4.42 Å². The van der Waals surface area contributed by atoms with Gasteiger partial charge in [0.25, 0.3) is 0 Å². The van der Waals surface area contributed by atoms with E-state index in [2.05, 4.69) is 62.6 Å². The molecule has 0 saturated carbocycles. The zero-order chi connectivity index (χ0) is 26.8. The van der Waals surface area contributed by atoms with Crippen LogP contribution in [-0.4, -0.2) is 9.55 Å². The summed E-state index contributed by atoms with van der Waals surface area (Å²) in [6, 6.07) is 26.0. The highest BCUT2D eigenvalue weighted by Crippen LogP contribution is 2.40. The van der Waals surface area contributed by atoms with E-state index >= 15 is 0 Å². The zero-order valence-electron chi connectivity index (χ0n) is 23.5. The summed E-state index contributed by atoms with van der Waals surface area (Å²) in [5.41, 5.74) is 8.05. The van der Waals surface area contributed by atoms with Crippen LogP contribution in [0.15, 0.2) is 83.3 Å². The molecule has 0 atom stereocenters. The predicted molar refractivity (Wildman–Crippen MR) is 147 cm³/mol. The number of aromatic nitrogens is 2. The first-order valence-electron chi connectivity index (χ1n) is 13.7. The average Bonchev–Trinajstić information content (AvgIpc) is 3.45. The van der Waals surface area contributed by atoms with E-state index in [9.17, 15) is 0 Å². The van der Waals surface area contributed by atoms with Crippen LogP contribution in [0.2, 0.25) is 0 Å². The zero-order valence-corrected chi connectivity index (χ0v) is 20.5. The number of para-hydroxylation sites is 4. The Morgan fingerprint density at radius 2 is 1.54 bits per heavy atom. The van der Waals surface area contributed by atoms with E-state index in [0.717, 1.165) is 33.2 Å². The van der Waals surface area contributed by atoms with Gasteiger partial charge in [0.05, 0.1) is 22.3 Å². The van der Waals surface area contributed by atoms with Gasteiger partial charge in [0, 0.05) is 14.9 Å². The van der Waals surface area contributed by atoms with Crippen molar-refractivity contribution in [2.75, 3.05) is 0 Å². The van der Waals surface area contributed by atoms with E-state index in [-0.39, 0.29) is 5.56 Å². The first kappa shape index (κ1) is 18.5. The summed E-state index contributed by atoms with van der Waals surface area (Å²) in [5, 5.41) is 1.83. The summed E-state index contributed by atoms with van der Waals surface area (Å²) in [6.07, 6.45) is 0. The SMILES string of the molecule is [2H]C([2H])([2H])c1ccc2c(c1)oc1c(-c3nc4ccccc4n3-c3c(C(C)C)cccc3C(C)C)cccc12. The van der Waals surface area contributed by atoms with Crippen molar-refractivity contribution in [3.8, 4) is 17.1 Å². The van der Waals surface area contributed by atoms with Crippen molar-refractivity contribution in [2.45, 2.75) is 46.4 Å². The average molecular weight is 462 g/mol. The highest BCUT2D eigenvalue weighted by molar-refractivity contribution is 6.09. The maximum atomic E-state index is 7.83. The van der Waals surface area contributed by atoms with Crippen LogP contribution in [0.1, 0.15) is 60.3 Å². The Morgan fingerprint density at radius 3 is 2.29 bits per heavy atom. The van der Waals surface area contributed by atoms with Crippen LogP contribution in [0, 0.1) is 6.85 Å². The smallest absolute Gasteiger partial charge is 0.149 e. The number of fused-ring (bicyclic) bond motifs is 4. The molecule has 3 nitrogen and oxygen atoms in total. The number of rotatable bonds is 4. The molecule has 6 aromatic rings. The molecule has 0 spiro atoms. The lowest BCUT2D eigenvalue weighted by molar-refractivity contribution is 0.669. The van der Waals surface area contributed by atoms with Crippen molar-refractivity contribution in [3.63, 3.8) is 0 Å². The normalized spacial score (nSPS) is 13.7.